The Hall–Kier alpha value is -3.68. The van der Waals surface area contributed by atoms with Gasteiger partial charge in [-0.2, -0.15) is 0 Å². The molecule has 1 aliphatic heterocycles. The number of thiophene rings is 1. The molecule has 214 valence electrons. The number of hydrogen-bond acceptors (Lipinski definition) is 6. The lowest BCUT2D eigenvalue weighted by molar-refractivity contribution is -0.129. The van der Waals surface area contributed by atoms with E-state index >= 15 is 0 Å². The Morgan fingerprint density at radius 1 is 0.951 bits per heavy atom. The highest BCUT2D eigenvalue weighted by Crippen LogP contribution is 2.40. The molecule has 0 bridgehead atoms. The summed E-state index contributed by atoms with van der Waals surface area (Å²) in [6.45, 7) is 11.1. The first-order valence-corrected chi connectivity index (χ1v) is 15.3. The zero-order valence-electron chi connectivity index (χ0n) is 24.1. The van der Waals surface area contributed by atoms with Crippen LogP contribution in [-0.2, 0) is 4.79 Å². The van der Waals surface area contributed by atoms with Crippen LogP contribution in [0.5, 0.6) is 11.5 Å². The summed E-state index contributed by atoms with van der Waals surface area (Å²) in [7, 11) is 0. The lowest BCUT2D eigenvalue weighted by atomic mass is 9.97. The molecule has 1 atom stereocenters. The fourth-order valence-electron chi connectivity index (χ4n) is 5.30. The molecule has 1 aliphatic rings. The second kappa shape index (κ2) is 13.3. The molecule has 0 spiro atoms. The summed E-state index contributed by atoms with van der Waals surface area (Å²) < 4.78 is 13.0. The molecule has 4 aromatic rings. The Morgan fingerprint density at radius 3 is 2.32 bits per heavy atom. The normalized spacial score (nSPS) is 14.1. The van der Waals surface area contributed by atoms with Crippen molar-refractivity contribution in [2.45, 2.75) is 39.7 Å². The first-order chi connectivity index (χ1) is 20.0. The SMILES string of the molecule is CCN(CC)CCOc1ccc(-c2sc3ccccc3c2C(=O)c2ccc(OC[C@@H](C)N3CCCC3=O)cc2)cc1. The van der Waals surface area contributed by atoms with Gasteiger partial charge in [0.05, 0.1) is 6.04 Å². The van der Waals surface area contributed by atoms with Gasteiger partial charge in [-0.1, -0.05) is 32.0 Å². The molecule has 3 aromatic carbocycles. The maximum atomic E-state index is 13.9. The predicted octanol–water partition coefficient (Wildman–Crippen LogP) is 6.91. The van der Waals surface area contributed by atoms with Crippen LogP contribution in [0.25, 0.3) is 20.5 Å². The van der Waals surface area contributed by atoms with E-state index in [1.165, 1.54) is 0 Å². The molecular weight excluding hydrogens is 532 g/mol. The van der Waals surface area contributed by atoms with E-state index in [2.05, 4.69) is 24.8 Å². The van der Waals surface area contributed by atoms with E-state index in [1.54, 1.807) is 11.3 Å². The van der Waals surface area contributed by atoms with Gasteiger partial charge in [-0.3, -0.25) is 9.59 Å². The number of nitrogens with zero attached hydrogens (tertiary/aromatic N) is 2. The van der Waals surface area contributed by atoms with Crippen LogP contribution in [0, 0.1) is 0 Å². The zero-order valence-corrected chi connectivity index (χ0v) is 24.9. The number of fused-ring (bicyclic) bond motifs is 1. The number of hydrogen-bond donors (Lipinski definition) is 0. The lowest BCUT2D eigenvalue weighted by Gasteiger charge is -2.24. The Labute approximate surface area is 246 Å². The van der Waals surface area contributed by atoms with Crippen LogP contribution < -0.4 is 9.47 Å². The van der Waals surface area contributed by atoms with Crippen molar-refractivity contribution in [1.82, 2.24) is 9.80 Å². The number of amides is 1. The van der Waals surface area contributed by atoms with Crippen molar-refractivity contribution in [2.24, 2.45) is 0 Å². The predicted molar refractivity (Wildman–Crippen MR) is 166 cm³/mol. The van der Waals surface area contributed by atoms with Crippen LogP contribution in [-0.4, -0.2) is 66.9 Å². The average Bonchev–Trinajstić information content (AvgIpc) is 3.62. The Kier molecular flexibility index (Phi) is 9.37. The second-order valence-electron chi connectivity index (χ2n) is 10.4. The highest BCUT2D eigenvalue weighted by Gasteiger charge is 2.25. The quantitative estimate of drug-likeness (QED) is 0.164. The number of ether oxygens (including phenoxy) is 2. The van der Waals surface area contributed by atoms with Crippen molar-refractivity contribution < 1.29 is 19.1 Å². The number of likely N-dealkylation sites (tertiary alicyclic amines) is 1. The van der Waals surface area contributed by atoms with E-state index in [9.17, 15) is 9.59 Å². The number of rotatable bonds is 13. The fraction of sp³-hybridized carbons (Fsp3) is 0.353. The molecular formula is C34H38N2O4S. The number of likely N-dealkylation sites (N-methyl/N-ethyl adjacent to an activating group) is 1. The maximum Gasteiger partial charge on any atom is 0.222 e. The molecule has 1 aromatic heterocycles. The summed E-state index contributed by atoms with van der Waals surface area (Å²) in [4.78, 5) is 31.1. The topological polar surface area (TPSA) is 59.1 Å². The first-order valence-electron chi connectivity index (χ1n) is 14.5. The fourth-order valence-corrected chi connectivity index (χ4v) is 6.50. The number of carbonyl (C=O) groups is 2. The van der Waals surface area contributed by atoms with E-state index in [4.69, 9.17) is 9.47 Å². The average molecular weight is 571 g/mol. The lowest BCUT2D eigenvalue weighted by Crippen LogP contribution is -2.38. The van der Waals surface area contributed by atoms with Crippen LogP contribution in [0.3, 0.4) is 0 Å². The van der Waals surface area contributed by atoms with Gasteiger partial charge >= 0.3 is 0 Å². The number of ketones is 1. The highest BCUT2D eigenvalue weighted by molar-refractivity contribution is 7.22. The van der Waals surface area contributed by atoms with Crippen molar-refractivity contribution in [1.29, 1.82) is 0 Å². The molecule has 0 unspecified atom stereocenters. The first kappa shape index (κ1) is 28.8. The van der Waals surface area contributed by atoms with Gasteiger partial charge in [0, 0.05) is 45.6 Å². The second-order valence-corrected chi connectivity index (χ2v) is 11.5. The van der Waals surface area contributed by atoms with Crippen molar-refractivity contribution >= 4 is 33.1 Å². The summed E-state index contributed by atoms with van der Waals surface area (Å²) in [6.07, 6.45) is 1.53. The molecule has 0 aliphatic carbocycles. The third kappa shape index (κ3) is 6.63. The van der Waals surface area contributed by atoms with Gasteiger partial charge in [0.15, 0.2) is 5.78 Å². The zero-order chi connectivity index (χ0) is 28.8. The standard InChI is InChI=1S/C34H38N2O4S/c1-4-35(5-2)21-22-39-27-18-14-26(15-19-27)34-32(29-9-6-7-10-30(29)41-34)33(38)25-12-16-28(17-13-25)40-23-24(3)36-20-8-11-31(36)37/h6-7,9-10,12-19,24H,4-5,8,11,20-23H2,1-3H3/t24-/m1/s1. The molecule has 1 saturated heterocycles. The molecule has 0 N–H and O–H groups in total. The highest BCUT2D eigenvalue weighted by atomic mass is 32.1. The number of carbonyl (C=O) groups excluding carboxylic acids is 2. The van der Waals surface area contributed by atoms with Gasteiger partial charge in [0.25, 0.3) is 0 Å². The summed E-state index contributed by atoms with van der Waals surface area (Å²) >= 11 is 1.64. The van der Waals surface area contributed by atoms with Gasteiger partial charge in [0.2, 0.25) is 5.91 Å². The third-order valence-corrected chi connectivity index (χ3v) is 8.98. The van der Waals surface area contributed by atoms with Crippen LogP contribution in [0.15, 0.2) is 72.8 Å². The molecule has 2 heterocycles. The summed E-state index contributed by atoms with van der Waals surface area (Å²) in [5.41, 5.74) is 2.33. The minimum atomic E-state index is -0.0143. The van der Waals surface area contributed by atoms with E-state index in [0.29, 0.717) is 30.9 Å². The van der Waals surface area contributed by atoms with Crippen LogP contribution >= 0.6 is 11.3 Å². The summed E-state index contributed by atoms with van der Waals surface area (Å²) in [5, 5.41) is 0.960. The third-order valence-electron chi connectivity index (χ3n) is 7.76. The molecule has 5 rings (SSSR count). The largest absolute Gasteiger partial charge is 0.492 e. The Bertz CT molecular complexity index is 1480. The van der Waals surface area contributed by atoms with Gasteiger partial charge in [-0.25, -0.2) is 0 Å². The van der Waals surface area contributed by atoms with E-state index in [-0.39, 0.29) is 17.7 Å². The molecule has 6 nitrogen and oxygen atoms in total. The Balaban J connectivity index is 1.32. The van der Waals surface area contributed by atoms with Gasteiger partial charge in [-0.05, 0) is 86.6 Å². The van der Waals surface area contributed by atoms with Crippen molar-refractivity contribution in [3.05, 3.63) is 83.9 Å². The van der Waals surface area contributed by atoms with Gasteiger partial charge in [0.1, 0.15) is 24.7 Å². The van der Waals surface area contributed by atoms with Crippen LogP contribution in [0.4, 0.5) is 0 Å². The maximum absolute atomic E-state index is 13.9. The smallest absolute Gasteiger partial charge is 0.222 e. The minimum Gasteiger partial charge on any atom is -0.492 e. The van der Waals surface area contributed by atoms with E-state index < -0.39 is 0 Å². The minimum absolute atomic E-state index is 0.0143. The van der Waals surface area contributed by atoms with Crippen molar-refractivity contribution in [3.63, 3.8) is 0 Å². The van der Waals surface area contributed by atoms with Crippen LogP contribution in [0.2, 0.25) is 0 Å². The molecule has 1 fully saturated rings. The Morgan fingerprint density at radius 2 is 1.63 bits per heavy atom. The van der Waals surface area contributed by atoms with Gasteiger partial charge < -0.3 is 19.3 Å². The molecule has 0 radical (unpaired) electrons. The molecule has 41 heavy (non-hydrogen) atoms. The van der Waals surface area contributed by atoms with E-state index in [1.807, 2.05) is 78.6 Å². The monoisotopic (exact) mass is 570 g/mol. The number of benzene rings is 3. The molecule has 1 amide bonds. The van der Waals surface area contributed by atoms with Crippen molar-refractivity contribution in [2.75, 3.05) is 39.4 Å². The van der Waals surface area contributed by atoms with Crippen LogP contribution in [0.1, 0.15) is 49.5 Å². The molecule has 7 heteroatoms. The van der Waals surface area contributed by atoms with Gasteiger partial charge in [-0.15, -0.1) is 11.3 Å². The molecule has 0 saturated carbocycles. The van der Waals surface area contributed by atoms with E-state index in [0.717, 1.165) is 64.4 Å². The van der Waals surface area contributed by atoms with Crippen molar-refractivity contribution in [3.8, 4) is 21.9 Å². The summed E-state index contributed by atoms with van der Waals surface area (Å²) in [5.74, 6) is 1.69. The summed E-state index contributed by atoms with van der Waals surface area (Å²) in [6, 6.07) is 23.5.